The summed E-state index contributed by atoms with van der Waals surface area (Å²) in [6.07, 6.45) is 1.76. The lowest BCUT2D eigenvalue weighted by Gasteiger charge is -2.04. The van der Waals surface area contributed by atoms with Crippen LogP contribution in [0.5, 0.6) is 0 Å². The predicted octanol–water partition coefficient (Wildman–Crippen LogP) is 3.56. The number of nitrogens with zero attached hydrogens (tertiary/aromatic N) is 2. The minimum absolute atomic E-state index is 0.149. The smallest absolute Gasteiger partial charge is 0.183 e. The molecule has 0 bridgehead atoms. The Morgan fingerprint density at radius 3 is 2.71 bits per heavy atom. The molecule has 2 N–H and O–H groups in total. The number of halogens is 1. The number of rotatable bonds is 5. The normalized spacial score (nSPS) is 10.8. The van der Waals surface area contributed by atoms with Crippen molar-refractivity contribution in [3.05, 3.63) is 51.6 Å². The number of thiazole rings is 1. The summed E-state index contributed by atoms with van der Waals surface area (Å²) in [7, 11) is 0. The molecule has 0 amide bonds. The molecular formula is C14H12ClN3O2S. The van der Waals surface area contributed by atoms with Crippen LogP contribution in [0.1, 0.15) is 10.6 Å². The van der Waals surface area contributed by atoms with E-state index in [4.69, 9.17) is 21.2 Å². The fraction of sp³-hybridized carbons (Fsp3) is 0.143. The first-order valence-corrected chi connectivity index (χ1v) is 7.45. The van der Waals surface area contributed by atoms with Gasteiger partial charge in [0.15, 0.2) is 10.2 Å². The zero-order chi connectivity index (χ0) is 14.7. The number of hydrogen-bond acceptors (Lipinski definition) is 6. The molecule has 5 nitrogen and oxygen atoms in total. The van der Waals surface area contributed by atoms with Crippen molar-refractivity contribution in [3.8, 4) is 11.3 Å². The molecule has 108 valence electrons. The zero-order valence-corrected chi connectivity index (χ0v) is 12.5. The molecule has 0 aliphatic heterocycles. The summed E-state index contributed by atoms with van der Waals surface area (Å²) in [5.41, 5.74) is 2.64. The highest BCUT2D eigenvalue weighted by molar-refractivity contribution is 7.15. The van der Waals surface area contributed by atoms with Crippen LogP contribution in [0, 0.1) is 0 Å². The summed E-state index contributed by atoms with van der Waals surface area (Å²) in [6.45, 7) is 0.534. The number of aromatic nitrogens is 2. The molecule has 7 heteroatoms. The zero-order valence-electron chi connectivity index (χ0n) is 10.9. The van der Waals surface area contributed by atoms with Crippen molar-refractivity contribution in [1.82, 2.24) is 10.1 Å². The average molecular weight is 322 g/mol. The summed E-state index contributed by atoms with van der Waals surface area (Å²) in [5.74, 6) is 0.453. The lowest BCUT2D eigenvalue weighted by atomic mass is 10.1. The lowest BCUT2D eigenvalue weighted by Crippen LogP contribution is -1.96. The van der Waals surface area contributed by atoms with Gasteiger partial charge < -0.3 is 14.9 Å². The number of aliphatic hydroxyl groups is 1. The second-order valence-electron chi connectivity index (χ2n) is 4.35. The highest BCUT2D eigenvalue weighted by Crippen LogP contribution is 2.23. The molecular weight excluding hydrogens is 310 g/mol. The van der Waals surface area contributed by atoms with Crippen molar-refractivity contribution in [2.24, 2.45) is 0 Å². The summed E-state index contributed by atoms with van der Waals surface area (Å²) >= 11 is 7.25. The Kier molecular flexibility index (Phi) is 4.19. The van der Waals surface area contributed by atoms with E-state index in [0.29, 0.717) is 22.5 Å². The number of aliphatic hydroxyl groups excluding tert-OH is 1. The number of hydrogen-bond donors (Lipinski definition) is 2. The predicted molar refractivity (Wildman–Crippen MR) is 82.3 cm³/mol. The fourth-order valence-corrected chi connectivity index (χ4v) is 2.75. The molecule has 0 aliphatic carbocycles. The third-order valence-corrected chi connectivity index (χ3v) is 4.00. The first-order valence-electron chi connectivity index (χ1n) is 6.25. The molecule has 0 atom stereocenters. The van der Waals surface area contributed by atoms with Crippen LogP contribution in [-0.2, 0) is 13.2 Å². The molecule has 0 saturated carbocycles. The van der Waals surface area contributed by atoms with E-state index in [2.05, 4.69) is 15.5 Å². The van der Waals surface area contributed by atoms with Gasteiger partial charge >= 0.3 is 0 Å². The van der Waals surface area contributed by atoms with Crippen molar-refractivity contribution in [2.75, 3.05) is 5.32 Å². The molecule has 3 aromatic rings. The van der Waals surface area contributed by atoms with E-state index in [1.807, 2.05) is 24.3 Å². The maximum atomic E-state index is 8.96. The van der Waals surface area contributed by atoms with Gasteiger partial charge in [0.2, 0.25) is 0 Å². The Morgan fingerprint density at radius 1 is 1.29 bits per heavy atom. The maximum Gasteiger partial charge on any atom is 0.183 e. The van der Waals surface area contributed by atoms with E-state index >= 15 is 0 Å². The summed E-state index contributed by atoms with van der Waals surface area (Å²) in [6, 6.07) is 9.54. The van der Waals surface area contributed by atoms with Gasteiger partial charge in [-0.1, -0.05) is 28.9 Å². The number of anilines is 1. The fourth-order valence-electron chi connectivity index (χ4n) is 1.84. The second kappa shape index (κ2) is 6.26. The molecule has 3 rings (SSSR count). The lowest BCUT2D eigenvalue weighted by molar-refractivity contribution is 0.229. The minimum atomic E-state index is -0.149. The molecule has 0 aliphatic rings. The summed E-state index contributed by atoms with van der Waals surface area (Å²) < 4.78 is 5.52. The second-order valence-corrected chi connectivity index (χ2v) is 6.04. The van der Waals surface area contributed by atoms with Crippen LogP contribution in [0.3, 0.4) is 0 Å². The maximum absolute atomic E-state index is 8.96. The first-order chi connectivity index (χ1) is 10.2. The molecule has 0 radical (unpaired) electrons. The molecule has 0 fully saturated rings. The first kappa shape index (κ1) is 14.1. The van der Waals surface area contributed by atoms with Gasteiger partial charge in [-0.05, 0) is 12.1 Å². The highest BCUT2D eigenvalue weighted by atomic mass is 35.5. The summed E-state index contributed by atoms with van der Waals surface area (Å²) in [4.78, 5) is 5.07. The van der Waals surface area contributed by atoms with Crippen molar-refractivity contribution in [2.45, 2.75) is 13.2 Å². The number of benzene rings is 1. The Bertz CT molecular complexity index is 724. The van der Waals surface area contributed by atoms with Gasteiger partial charge in [0.25, 0.3) is 0 Å². The third-order valence-electron chi connectivity index (χ3n) is 2.89. The Hall–Kier alpha value is -1.89. The largest absolute Gasteiger partial charge is 0.388 e. The van der Waals surface area contributed by atoms with Gasteiger partial charge in [-0.2, -0.15) is 0 Å². The van der Waals surface area contributed by atoms with E-state index in [-0.39, 0.29) is 6.61 Å². The molecule has 0 saturated heterocycles. The van der Waals surface area contributed by atoms with E-state index in [9.17, 15) is 0 Å². The average Bonchev–Trinajstić information content (AvgIpc) is 3.14. The molecule has 1 aromatic carbocycles. The monoisotopic (exact) mass is 321 g/mol. The van der Waals surface area contributed by atoms with Crippen LogP contribution in [0.4, 0.5) is 5.69 Å². The van der Waals surface area contributed by atoms with E-state index in [0.717, 1.165) is 16.1 Å². The van der Waals surface area contributed by atoms with E-state index < -0.39 is 0 Å². The van der Waals surface area contributed by atoms with Crippen LogP contribution in [0.25, 0.3) is 11.3 Å². The van der Waals surface area contributed by atoms with Crippen molar-refractivity contribution >= 4 is 28.6 Å². The van der Waals surface area contributed by atoms with Gasteiger partial charge in [0.05, 0.1) is 6.54 Å². The van der Waals surface area contributed by atoms with Crippen LogP contribution >= 0.6 is 22.9 Å². The molecule has 0 spiro atoms. The molecule has 0 unspecified atom stereocenters. The number of nitrogens with one attached hydrogen (secondary N) is 1. The topological polar surface area (TPSA) is 71.2 Å². The van der Waals surface area contributed by atoms with Gasteiger partial charge in [0, 0.05) is 28.4 Å². The van der Waals surface area contributed by atoms with Gasteiger partial charge in [0.1, 0.15) is 12.3 Å². The van der Waals surface area contributed by atoms with Crippen LogP contribution in [-0.4, -0.2) is 15.2 Å². The van der Waals surface area contributed by atoms with Gasteiger partial charge in [-0.3, -0.25) is 0 Å². The Balaban J connectivity index is 1.66. The van der Waals surface area contributed by atoms with E-state index in [1.54, 1.807) is 12.3 Å². The minimum Gasteiger partial charge on any atom is -0.388 e. The van der Waals surface area contributed by atoms with Gasteiger partial charge in [-0.25, -0.2) is 4.98 Å². The van der Waals surface area contributed by atoms with Crippen LogP contribution in [0.15, 0.2) is 41.1 Å². The standard InChI is InChI=1S/C14H12ClN3O2S/c15-14-17-7-12(21-14)6-16-10-3-1-9(2-4-10)13-5-11(8-19)20-18-13/h1-5,7,16,19H,6,8H2. The highest BCUT2D eigenvalue weighted by Gasteiger charge is 2.06. The van der Waals surface area contributed by atoms with Crippen LogP contribution < -0.4 is 5.32 Å². The van der Waals surface area contributed by atoms with Crippen LogP contribution in [0.2, 0.25) is 4.47 Å². The molecule has 2 heterocycles. The van der Waals surface area contributed by atoms with Crippen molar-refractivity contribution < 1.29 is 9.63 Å². The third kappa shape index (κ3) is 3.41. The SMILES string of the molecule is OCc1cc(-c2ccc(NCc3cnc(Cl)s3)cc2)no1. The Morgan fingerprint density at radius 2 is 2.10 bits per heavy atom. The Labute approximate surface area is 130 Å². The summed E-state index contributed by atoms with van der Waals surface area (Å²) in [5, 5.41) is 16.2. The van der Waals surface area contributed by atoms with Crippen molar-refractivity contribution in [3.63, 3.8) is 0 Å². The van der Waals surface area contributed by atoms with Crippen molar-refractivity contribution in [1.29, 1.82) is 0 Å². The van der Waals surface area contributed by atoms with Gasteiger partial charge in [-0.15, -0.1) is 11.3 Å². The van der Waals surface area contributed by atoms with E-state index in [1.165, 1.54) is 11.3 Å². The quantitative estimate of drug-likeness (QED) is 0.752. The molecule has 2 aromatic heterocycles. The molecule has 21 heavy (non-hydrogen) atoms.